The highest BCUT2D eigenvalue weighted by Gasteiger charge is 2.35. The van der Waals surface area contributed by atoms with Gasteiger partial charge >= 0.3 is 0 Å². The summed E-state index contributed by atoms with van der Waals surface area (Å²) < 4.78 is 5.74. The number of carbonyl (C=O) groups is 3. The van der Waals surface area contributed by atoms with Crippen LogP contribution in [0.3, 0.4) is 0 Å². The van der Waals surface area contributed by atoms with Crippen molar-refractivity contribution < 1.29 is 19.1 Å². The molecule has 2 aliphatic rings. The highest BCUT2D eigenvalue weighted by molar-refractivity contribution is 6.21. The van der Waals surface area contributed by atoms with Crippen molar-refractivity contribution in [1.82, 2.24) is 9.80 Å². The van der Waals surface area contributed by atoms with Gasteiger partial charge in [0.15, 0.2) is 0 Å². The third kappa shape index (κ3) is 3.78. The molecule has 0 saturated heterocycles. The van der Waals surface area contributed by atoms with Crippen LogP contribution in [0.1, 0.15) is 54.7 Å². The molecule has 0 fully saturated rings. The van der Waals surface area contributed by atoms with Gasteiger partial charge in [-0.3, -0.25) is 19.3 Å². The number of hydrogen-bond donors (Lipinski definition) is 0. The molecule has 33 heavy (non-hydrogen) atoms. The van der Waals surface area contributed by atoms with Crippen molar-refractivity contribution in [3.63, 3.8) is 0 Å². The molecule has 0 atom stereocenters. The van der Waals surface area contributed by atoms with Gasteiger partial charge in [-0.15, -0.1) is 0 Å². The van der Waals surface area contributed by atoms with Gasteiger partial charge in [-0.05, 0) is 54.3 Å². The number of nitrogens with zero attached hydrogens (tertiary/aromatic N) is 2. The van der Waals surface area contributed by atoms with Crippen LogP contribution in [0.2, 0.25) is 0 Å². The Hall–Kier alpha value is -3.93. The van der Waals surface area contributed by atoms with Crippen molar-refractivity contribution in [2.75, 3.05) is 13.2 Å². The first kappa shape index (κ1) is 20.9. The summed E-state index contributed by atoms with van der Waals surface area (Å²) >= 11 is 0. The third-order valence-electron chi connectivity index (χ3n) is 6.21. The summed E-state index contributed by atoms with van der Waals surface area (Å²) in [4.78, 5) is 42.1. The summed E-state index contributed by atoms with van der Waals surface area (Å²) in [5.41, 5.74) is 4.40. The van der Waals surface area contributed by atoms with E-state index in [1.807, 2.05) is 24.0 Å². The van der Waals surface area contributed by atoms with Crippen LogP contribution in [-0.4, -0.2) is 40.7 Å². The first-order valence-electron chi connectivity index (χ1n) is 11.1. The van der Waals surface area contributed by atoms with Gasteiger partial charge in [0.05, 0.1) is 29.8 Å². The standard InChI is InChI=1S/C27H24N2O4/c1-2-33-24-12-11-18(16-29-26(31)21-9-5-6-10-22(21)27(29)32)15-23(24)25(30)28-14-13-19-7-3-4-8-20(19)17-28/h3-12,15H,2,13-14,16-17H2,1H3. The third-order valence-corrected chi connectivity index (χ3v) is 6.21. The first-order valence-corrected chi connectivity index (χ1v) is 11.1. The number of hydrogen-bond acceptors (Lipinski definition) is 4. The zero-order valence-electron chi connectivity index (χ0n) is 18.4. The molecule has 0 aromatic heterocycles. The summed E-state index contributed by atoms with van der Waals surface area (Å²) in [5.74, 6) is -0.236. The summed E-state index contributed by atoms with van der Waals surface area (Å²) in [6.07, 6.45) is 0.806. The van der Waals surface area contributed by atoms with Crippen LogP contribution in [0.4, 0.5) is 0 Å². The molecule has 166 valence electrons. The van der Waals surface area contributed by atoms with Crippen LogP contribution < -0.4 is 4.74 Å². The van der Waals surface area contributed by atoms with Gasteiger partial charge in [0.25, 0.3) is 17.7 Å². The summed E-state index contributed by atoms with van der Waals surface area (Å²) in [7, 11) is 0. The number of ether oxygens (including phenoxy) is 1. The molecule has 3 aromatic carbocycles. The van der Waals surface area contributed by atoms with Crippen molar-refractivity contribution in [2.24, 2.45) is 0 Å². The van der Waals surface area contributed by atoms with E-state index in [0.29, 0.717) is 47.7 Å². The number of carbonyl (C=O) groups excluding carboxylic acids is 3. The van der Waals surface area contributed by atoms with Gasteiger partial charge in [-0.25, -0.2) is 0 Å². The largest absolute Gasteiger partial charge is 0.493 e. The Labute approximate surface area is 192 Å². The van der Waals surface area contributed by atoms with Crippen LogP contribution in [0, 0.1) is 0 Å². The Morgan fingerprint density at radius 2 is 1.58 bits per heavy atom. The average Bonchev–Trinajstić information content (AvgIpc) is 3.09. The number of rotatable bonds is 5. The van der Waals surface area contributed by atoms with E-state index in [9.17, 15) is 14.4 Å². The van der Waals surface area contributed by atoms with Crippen molar-refractivity contribution in [1.29, 1.82) is 0 Å². The van der Waals surface area contributed by atoms with Crippen molar-refractivity contribution in [2.45, 2.75) is 26.4 Å². The number of imide groups is 1. The minimum atomic E-state index is -0.315. The number of amides is 3. The van der Waals surface area contributed by atoms with E-state index >= 15 is 0 Å². The molecule has 5 rings (SSSR count). The van der Waals surface area contributed by atoms with E-state index < -0.39 is 0 Å². The van der Waals surface area contributed by atoms with Gasteiger partial charge in [0, 0.05) is 13.1 Å². The topological polar surface area (TPSA) is 66.9 Å². The van der Waals surface area contributed by atoms with E-state index in [1.165, 1.54) is 10.5 Å². The van der Waals surface area contributed by atoms with Gasteiger partial charge < -0.3 is 9.64 Å². The normalized spacial score (nSPS) is 14.8. The molecule has 2 aliphatic heterocycles. The lowest BCUT2D eigenvalue weighted by atomic mass is 9.99. The van der Waals surface area contributed by atoms with Crippen LogP contribution in [0.25, 0.3) is 0 Å². The molecule has 6 nitrogen and oxygen atoms in total. The van der Waals surface area contributed by atoms with E-state index in [-0.39, 0.29) is 24.3 Å². The van der Waals surface area contributed by atoms with Gasteiger partial charge in [0.1, 0.15) is 5.75 Å². The number of fused-ring (bicyclic) bond motifs is 2. The lowest BCUT2D eigenvalue weighted by molar-refractivity contribution is 0.0642. The lowest BCUT2D eigenvalue weighted by Crippen LogP contribution is -2.36. The van der Waals surface area contributed by atoms with Crippen molar-refractivity contribution in [3.8, 4) is 5.75 Å². The lowest BCUT2D eigenvalue weighted by Gasteiger charge is -2.29. The Morgan fingerprint density at radius 1 is 0.909 bits per heavy atom. The maximum atomic E-state index is 13.5. The molecule has 0 saturated carbocycles. The van der Waals surface area contributed by atoms with Crippen LogP contribution in [0.5, 0.6) is 5.75 Å². The predicted molar refractivity (Wildman–Crippen MR) is 123 cm³/mol. The highest BCUT2D eigenvalue weighted by Crippen LogP contribution is 2.28. The maximum Gasteiger partial charge on any atom is 0.261 e. The van der Waals surface area contributed by atoms with Crippen LogP contribution in [-0.2, 0) is 19.5 Å². The second-order valence-corrected chi connectivity index (χ2v) is 8.25. The highest BCUT2D eigenvalue weighted by atomic mass is 16.5. The van der Waals surface area contributed by atoms with Gasteiger partial charge in [-0.2, -0.15) is 0 Å². The van der Waals surface area contributed by atoms with Crippen LogP contribution in [0.15, 0.2) is 66.7 Å². The molecular weight excluding hydrogens is 416 g/mol. The molecule has 2 heterocycles. The molecule has 3 amide bonds. The SMILES string of the molecule is CCOc1ccc(CN2C(=O)c3ccccc3C2=O)cc1C(=O)N1CCc2ccccc2C1. The molecule has 3 aromatic rings. The van der Waals surface area contributed by atoms with E-state index in [2.05, 4.69) is 12.1 Å². The first-order chi connectivity index (χ1) is 16.1. The molecule has 0 unspecified atom stereocenters. The summed E-state index contributed by atoms with van der Waals surface area (Å²) in [6, 6.07) is 20.3. The second kappa shape index (κ2) is 8.54. The van der Waals surface area contributed by atoms with Gasteiger partial charge in [-0.1, -0.05) is 42.5 Å². The Balaban J connectivity index is 1.42. The zero-order valence-corrected chi connectivity index (χ0v) is 18.4. The van der Waals surface area contributed by atoms with E-state index in [1.54, 1.807) is 42.5 Å². The quantitative estimate of drug-likeness (QED) is 0.561. The fraction of sp³-hybridized carbons (Fsp3) is 0.222. The molecule has 0 N–H and O–H groups in total. The molecule has 0 bridgehead atoms. The Kier molecular flexibility index (Phi) is 5.42. The summed E-state index contributed by atoms with van der Waals surface area (Å²) in [5, 5.41) is 0. The molecule has 6 heteroatoms. The van der Waals surface area contributed by atoms with E-state index in [4.69, 9.17) is 4.74 Å². The Morgan fingerprint density at radius 3 is 2.27 bits per heavy atom. The van der Waals surface area contributed by atoms with Crippen molar-refractivity contribution in [3.05, 3.63) is 100 Å². The van der Waals surface area contributed by atoms with Gasteiger partial charge in [0.2, 0.25) is 0 Å². The zero-order chi connectivity index (χ0) is 22.9. The fourth-order valence-electron chi connectivity index (χ4n) is 4.53. The average molecular weight is 440 g/mol. The molecule has 0 aliphatic carbocycles. The predicted octanol–water partition coefficient (Wildman–Crippen LogP) is 4.08. The van der Waals surface area contributed by atoms with E-state index in [0.717, 1.165) is 12.0 Å². The minimum absolute atomic E-state index is 0.0991. The van der Waals surface area contributed by atoms with Crippen LogP contribution >= 0.6 is 0 Å². The fourth-order valence-corrected chi connectivity index (χ4v) is 4.53. The second-order valence-electron chi connectivity index (χ2n) is 8.25. The molecular formula is C27H24N2O4. The summed E-state index contributed by atoms with van der Waals surface area (Å²) in [6.45, 7) is 3.58. The molecule has 0 radical (unpaired) electrons. The maximum absolute atomic E-state index is 13.5. The Bertz CT molecular complexity index is 1230. The monoisotopic (exact) mass is 440 g/mol. The minimum Gasteiger partial charge on any atom is -0.493 e. The molecule has 0 spiro atoms. The number of benzene rings is 3. The smallest absolute Gasteiger partial charge is 0.261 e. The van der Waals surface area contributed by atoms with Crippen molar-refractivity contribution >= 4 is 17.7 Å².